The Morgan fingerprint density at radius 2 is 1.73 bits per heavy atom. The molecule has 0 radical (unpaired) electrons. The molecule has 10 nitrogen and oxygen atoms in total. The molecule has 2 aromatic heterocycles. The fraction of sp³-hybridized carbons (Fsp3) is 0.323. The quantitative estimate of drug-likeness (QED) is 0.226. The first kappa shape index (κ1) is 26.5. The van der Waals surface area contributed by atoms with Crippen molar-refractivity contribution < 1.29 is 23.8 Å². The molecule has 3 heterocycles. The van der Waals surface area contributed by atoms with Crippen LogP contribution in [0, 0.1) is 5.41 Å². The van der Waals surface area contributed by atoms with Crippen molar-refractivity contribution >= 4 is 17.1 Å². The Bertz CT molecular complexity index is 1690. The standard InChI is InChI=1S/C31H31N5O5/c1-18(19-6-10-21(38-4)11-7-19)35-40-16-25-33-29-28-26(20-8-12-22(39-5)13-9-20)27-23(37)14-31(2,3)15-24(27)41-30(28)32-17-36(29)34-25/h6-13,17,26H,14-16H2,1-5H3/b35-18+/t26-/m1/s1. The Morgan fingerprint density at radius 1 is 1.05 bits per heavy atom. The first-order valence-corrected chi connectivity index (χ1v) is 13.4. The van der Waals surface area contributed by atoms with E-state index in [1.54, 1.807) is 25.1 Å². The summed E-state index contributed by atoms with van der Waals surface area (Å²) in [5.74, 6) is 2.68. The van der Waals surface area contributed by atoms with E-state index in [0.29, 0.717) is 52.8 Å². The summed E-state index contributed by atoms with van der Waals surface area (Å²) >= 11 is 0. The van der Waals surface area contributed by atoms with Crippen molar-refractivity contribution in [3.63, 3.8) is 0 Å². The highest BCUT2D eigenvalue weighted by molar-refractivity contribution is 6.00. The second-order valence-electron chi connectivity index (χ2n) is 11.0. The molecule has 2 aromatic carbocycles. The molecule has 0 N–H and O–H groups in total. The molecule has 1 aliphatic heterocycles. The molecule has 0 saturated heterocycles. The number of Topliss-reactive ketones (excluding diaryl/α,β-unsaturated/α-hetero) is 1. The van der Waals surface area contributed by atoms with Crippen molar-refractivity contribution in [3.8, 4) is 17.4 Å². The van der Waals surface area contributed by atoms with Gasteiger partial charge in [0, 0.05) is 24.3 Å². The van der Waals surface area contributed by atoms with E-state index in [4.69, 9.17) is 24.0 Å². The molecule has 2 aliphatic rings. The van der Waals surface area contributed by atoms with Gasteiger partial charge in [-0.1, -0.05) is 31.1 Å². The first-order valence-electron chi connectivity index (χ1n) is 13.4. The summed E-state index contributed by atoms with van der Waals surface area (Å²) in [6.07, 6.45) is 2.65. The number of oxime groups is 1. The van der Waals surface area contributed by atoms with Crippen molar-refractivity contribution in [2.75, 3.05) is 14.2 Å². The van der Waals surface area contributed by atoms with Crippen LogP contribution >= 0.6 is 0 Å². The van der Waals surface area contributed by atoms with Gasteiger partial charge in [-0.05, 0) is 59.9 Å². The van der Waals surface area contributed by atoms with Gasteiger partial charge in [0.25, 0.3) is 0 Å². The zero-order valence-corrected chi connectivity index (χ0v) is 23.7. The van der Waals surface area contributed by atoms with E-state index in [-0.39, 0.29) is 17.8 Å². The van der Waals surface area contributed by atoms with Crippen LogP contribution < -0.4 is 14.2 Å². The number of nitrogens with zero attached hydrogens (tertiary/aromatic N) is 5. The van der Waals surface area contributed by atoms with Gasteiger partial charge in [0.05, 0.1) is 25.5 Å². The van der Waals surface area contributed by atoms with Gasteiger partial charge < -0.3 is 19.0 Å². The number of hydrogen-bond donors (Lipinski definition) is 0. The van der Waals surface area contributed by atoms with Gasteiger partial charge in [0.1, 0.15) is 23.6 Å². The van der Waals surface area contributed by atoms with E-state index < -0.39 is 5.92 Å². The summed E-state index contributed by atoms with van der Waals surface area (Å²) in [7, 11) is 3.25. The van der Waals surface area contributed by atoms with E-state index in [9.17, 15) is 4.79 Å². The maximum atomic E-state index is 13.6. The normalized spacial score (nSPS) is 18.0. The minimum absolute atomic E-state index is 0.0546. The molecule has 1 aliphatic carbocycles. The van der Waals surface area contributed by atoms with Crippen LogP contribution in [0.5, 0.6) is 17.4 Å². The zero-order valence-electron chi connectivity index (χ0n) is 23.7. The molecule has 0 saturated carbocycles. The van der Waals surface area contributed by atoms with Crippen molar-refractivity contribution in [1.82, 2.24) is 19.6 Å². The van der Waals surface area contributed by atoms with Gasteiger partial charge in [-0.2, -0.15) is 0 Å². The summed E-state index contributed by atoms with van der Waals surface area (Å²) < 4.78 is 18.5. The largest absolute Gasteiger partial charge is 0.497 e. The van der Waals surface area contributed by atoms with Crippen LogP contribution in [-0.2, 0) is 16.2 Å². The molecule has 0 amide bonds. The Balaban J connectivity index is 1.36. The van der Waals surface area contributed by atoms with Crippen LogP contribution in [0.4, 0.5) is 0 Å². The maximum Gasteiger partial charge on any atom is 0.228 e. The molecular weight excluding hydrogens is 522 g/mol. The van der Waals surface area contributed by atoms with E-state index in [2.05, 4.69) is 29.1 Å². The molecule has 10 heteroatoms. The number of allylic oxidation sites excluding steroid dienone is 2. The number of fused-ring (bicyclic) bond motifs is 3. The highest BCUT2D eigenvalue weighted by atomic mass is 16.6. The number of hydrogen-bond acceptors (Lipinski definition) is 9. The molecule has 6 rings (SSSR count). The minimum Gasteiger partial charge on any atom is -0.497 e. The molecule has 0 bridgehead atoms. The van der Waals surface area contributed by atoms with Crippen LogP contribution in [0.15, 0.2) is 71.3 Å². The lowest BCUT2D eigenvalue weighted by Crippen LogP contribution is -2.33. The number of rotatable bonds is 7. The second kappa shape index (κ2) is 10.3. The molecule has 0 unspecified atom stereocenters. The summed E-state index contributed by atoms with van der Waals surface area (Å²) in [4.78, 5) is 28.6. The molecule has 4 aromatic rings. The number of ketones is 1. The lowest BCUT2D eigenvalue weighted by atomic mass is 9.70. The average molecular weight is 554 g/mol. The maximum absolute atomic E-state index is 13.6. The monoisotopic (exact) mass is 553 g/mol. The van der Waals surface area contributed by atoms with Gasteiger partial charge in [0.15, 0.2) is 23.9 Å². The van der Waals surface area contributed by atoms with Crippen molar-refractivity contribution in [3.05, 3.63) is 88.7 Å². The van der Waals surface area contributed by atoms with Crippen LogP contribution in [-0.4, -0.2) is 45.3 Å². The third-order valence-corrected chi connectivity index (χ3v) is 7.46. The van der Waals surface area contributed by atoms with Gasteiger partial charge in [-0.25, -0.2) is 14.5 Å². The number of methoxy groups -OCH3 is 2. The summed E-state index contributed by atoms with van der Waals surface area (Å²) in [6, 6.07) is 15.3. The number of benzene rings is 2. The molecule has 210 valence electrons. The Morgan fingerprint density at radius 3 is 2.41 bits per heavy atom. The van der Waals surface area contributed by atoms with Gasteiger partial charge in [-0.3, -0.25) is 4.79 Å². The van der Waals surface area contributed by atoms with Crippen LogP contribution in [0.25, 0.3) is 5.65 Å². The lowest BCUT2D eigenvalue weighted by Gasteiger charge is -2.37. The number of ether oxygens (including phenoxy) is 3. The first-order chi connectivity index (χ1) is 19.8. The Kier molecular flexibility index (Phi) is 6.69. The van der Waals surface area contributed by atoms with Crippen LogP contribution in [0.1, 0.15) is 62.0 Å². The third kappa shape index (κ3) is 5.01. The molecular formula is C31H31N5O5. The van der Waals surface area contributed by atoms with Gasteiger partial charge in [-0.15, -0.1) is 5.10 Å². The third-order valence-electron chi connectivity index (χ3n) is 7.46. The van der Waals surface area contributed by atoms with Crippen LogP contribution in [0.3, 0.4) is 0 Å². The fourth-order valence-electron chi connectivity index (χ4n) is 5.45. The summed E-state index contributed by atoms with van der Waals surface area (Å²) in [5, 5.41) is 8.81. The predicted molar refractivity (Wildman–Crippen MR) is 151 cm³/mol. The number of carbonyl (C=O) groups excluding carboxylic acids is 1. The van der Waals surface area contributed by atoms with E-state index in [1.807, 2.05) is 55.5 Å². The van der Waals surface area contributed by atoms with E-state index >= 15 is 0 Å². The molecule has 0 fully saturated rings. The summed E-state index contributed by atoms with van der Waals surface area (Å²) in [6.45, 7) is 6.08. The topological polar surface area (TPSA) is 109 Å². The zero-order chi connectivity index (χ0) is 28.7. The highest BCUT2D eigenvalue weighted by Crippen LogP contribution is 2.50. The van der Waals surface area contributed by atoms with E-state index in [1.165, 1.54) is 0 Å². The number of carbonyl (C=O) groups is 1. The molecule has 41 heavy (non-hydrogen) atoms. The second-order valence-corrected chi connectivity index (χ2v) is 11.0. The fourth-order valence-corrected chi connectivity index (χ4v) is 5.45. The predicted octanol–water partition coefficient (Wildman–Crippen LogP) is 5.25. The summed E-state index contributed by atoms with van der Waals surface area (Å²) in [5.41, 5.74) is 4.24. The molecule has 1 atom stereocenters. The van der Waals surface area contributed by atoms with Crippen molar-refractivity contribution in [1.29, 1.82) is 0 Å². The van der Waals surface area contributed by atoms with Crippen molar-refractivity contribution in [2.24, 2.45) is 10.6 Å². The lowest BCUT2D eigenvalue weighted by molar-refractivity contribution is -0.118. The number of aromatic nitrogens is 4. The highest BCUT2D eigenvalue weighted by Gasteiger charge is 2.44. The average Bonchev–Trinajstić information content (AvgIpc) is 3.38. The van der Waals surface area contributed by atoms with Crippen molar-refractivity contribution in [2.45, 2.75) is 46.1 Å². The smallest absolute Gasteiger partial charge is 0.228 e. The Hall–Kier alpha value is -4.73. The Labute approximate surface area is 237 Å². The van der Waals surface area contributed by atoms with E-state index in [0.717, 1.165) is 22.6 Å². The van der Waals surface area contributed by atoms with Crippen LogP contribution in [0.2, 0.25) is 0 Å². The SMILES string of the molecule is COc1ccc(/C(C)=N/OCc2nc3c4c(ncn3n2)OC2=C(C(=O)CC(C)(C)C2)[C@H]4c2ccc(OC)cc2)cc1. The molecule has 0 spiro atoms. The van der Waals surface area contributed by atoms with Gasteiger partial charge in [0.2, 0.25) is 5.88 Å². The minimum atomic E-state index is -0.409. The van der Waals surface area contributed by atoms with Gasteiger partial charge >= 0.3 is 0 Å².